The first-order chi connectivity index (χ1) is 15.6. The van der Waals surface area contributed by atoms with Gasteiger partial charge in [-0.3, -0.25) is 4.79 Å². The van der Waals surface area contributed by atoms with Crippen LogP contribution >= 0.6 is 0 Å². The summed E-state index contributed by atoms with van der Waals surface area (Å²) in [7, 11) is -1.67. The van der Waals surface area contributed by atoms with Gasteiger partial charge >= 0.3 is 0 Å². The number of methoxy groups -OCH3 is 1. The number of anilines is 2. The van der Waals surface area contributed by atoms with Crippen molar-refractivity contribution < 1.29 is 22.7 Å². The molecule has 2 N–H and O–H groups in total. The maximum Gasteiger partial charge on any atom is 0.255 e. The molecule has 3 aromatic carbocycles. The van der Waals surface area contributed by atoms with E-state index in [4.69, 9.17) is 9.47 Å². The summed E-state index contributed by atoms with van der Waals surface area (Å²) in [5.41, 5.74) is 4.76. The zero-order valence-corrected chi connectivity index (χ0v) is 20.0. The van der Waals surface area contributed by atoms with Crippen LogP contribution in [0.15, 0.2) is 60.7 Å². The fraction of sp³-hybridized carbons (Fsp3) is 0.240. The number of carbonyl (C=O) groups excluding carboxylic acids is 1. The molecule has 0 fully saturated rings. The van der Waals surface area contributed by atoms with Crippen molar-refractivity contribution >= 4 is 27.1 Å². The van der Waals surface area contributed by atoms with Gasteiger partial charge in [0.05, 0.1) is 12.8 Å². The molecule has 0 atom stereocenters. The van der Waals surface area contributed by atoms with Gasteiger partial charge in [-0.25, -0.2) is 8.42 Å². The third kappa shape index (κ3) is 6.98. The summed E-state index contributed by atoms with van der Waals surface area (Å²) in [4.78, 5) is 12.6. The van der Waals surface area contributed by atoms with Gasteiger partial charge in [-0.15, -0.1) is 0 Å². The first kappa shape index (κ1) is 24.1. The molecule has 0 radical (unpaired) electrons. The number of sulfone groups is 1. The van der Waals surface area contributed by atoms with E-state index in [-0.39, 0.29) is 11.8 Å². The number of hydrogen-bond acceptors (Lipinski definition) is 6. The predicted molar refractivity (Wildman–Crippen MR) is 131 cm³/mol. The van der Waals surface area contributed by atoms with Crippen molar-refractivity contribution in [3.63, 3.8) is 0 Å². The summed E-state index contributed by atoms with van der Waals surface area (Å²) in [6, 6.07) is 17.9. The lowest BCUT2D eigenvalue weighted by Gasteiger charge is -2.16. The van der Waals surface area contributed by atoms with Gasteiger partial charge < -0.3 is 20.1 Å². The molecule has 174 valence electrons. The van der Waals surface area contributed by atoms with Crippen molar-refractivity contribution in [2.45, 2.75) is 20.5 Å². The fourth-order valence-electron chi connectivity index (χ4n) is 3.13. The van der Waals surface area contributed by atoms with Gasteiger partial charge in [0.2, 0.25) is 0 Å². The van der Waals surface area contributed by atoms with Crippen LogP contribution in [0, 0.1) is 13.8 Å². The molecule has 0 saturated heterocycles. The Bertz CT molecular complexity index is 1240. The van der Waals surface area contributed by atoms with Gasteiger partial charge in [0.25, 0.3) is 5.91 Å². The molecule has 0 aliphatic rings. The molecule has 0 aromatic heterocycles. The fourth-order valence-corrected chi connectivity index (χ4v) is 3.55. The third-order valence-corrected chi connectivity index (χ3v) is 5.67. The number of amides is 1. The van der Waals surface area contributed by atoms with E-state index in [0.29, 0.717) is 35.0 Å². The summed E-state index contributed by atoms with van der Waals surface area (Å²) >= 11 is 0. The Balaban J connectivity index is 1.82. The van der Waals surface area contributed by atoms with E-state index >= 15 is 0 Å². The zero-order valence-electron chi connectivity index (χ0n) is 19.1. The molecule has 0 heterocycles. The Morgan fingerprint density at radius 2 is 1.70 bits per heavy atom. The lowest BCUT2D eigenvalue weighted by atomic mass is 10.1. The predicted octanol–water partition coefficient (Wildman–Crippen LogP) is 4.56. The van der Waals surface area contributed by atoms with Crippen LogP contribution in [-0.2, 0) is 16.4 Å². The second-order valence-electron chi connectivity index (χ2n) is 7.86. The van der Waals surface area contributed by atoms with Crippen LogP contribution in [0.25, 0.3) is 0 Å². The minimum Gasteiger partial charge on any atom is -0.497 e. The number of ether oxygens (including phenoxy) is 2. The van der Waals surface area contributed by atoms with E-state index < -0.39 is 9.84 Å². The summed E-state index contributed by atoms with van der Waals surface area (Å²) in [5.74, 6) is 0.585. The smallest absolute Gasteiger partial charge is 0.255 e. The molecular formula is C25H28N2O5S. The summed E-state index contributed by atoms with van der Waals surface area (Å²) in [6.45, 7) is 4.32. The van der Waals surface area contributed by atoms with Crippen molar-refractivity contribution in [2.75, 3.05) is 29.9 Å². The van der Waals surface area contributed by atoms with Crippen LogP contribution in [0.5, 0.6) is 11.5 Å². The quantitative estimate of drug-likeness (QED) is 0.478. The average molecular weight is 469 g/mol. The average Bonchev–Trinajstić information content (AvgIpc) is 2.78. The largest absolute Gasteiger partial charge is 0.497 e. The molecule has 0 aliphatic carbocycles. The number of hydrogen-bond donors (Lipinski definition) is 2. The van der Waals surface area contributed by atoms with Crippen LogP contribution < -0.4 is 20.1 Å². The van der Waals surface area contributed by atoms with Crippen molar-refractivity contribution in [1.82, 2.24) is 0 Å². The maximum atomic E-state index is 12.6. The molecule has 7 nitrogen and oxygen atoms in total. The van der Waals surface area contributed by atoms with Crippen LogP contribution in [-0.4, -0.2) is 33.6 Å². The minimum absolute atomic E-state index is 0.232. The van der Waals surface area contributed by atoms with Gasteiger partial charge in [-0.2, -0.15) is 0 Å². The topological polar surface area (TPSA) is 93.7 Å². The standard InChI is InChI=1S/C25H28N2O5S/c1-17-5-6-18(2)20(13-17)15-32-24-14-21(9-12-23(24)26-16-33(4,29)30)27-25(28)19-7-10-22(31-3)11-8-19/h5-14,26H,15-16H2,1-4H3,(H,27,28). The van der Waals surface area contributed by atoms with Crippen molar-refractivity contribution in [3.8, 4) is 11.5 Å². The van der Waals surface area contributed by atoms with Crippen LogP contribution in [0.4, 0.5) is 11.4 Å². The highest BCUT2D eigenvalue weighted by Gasteiger charge is 2.12. The van der Waals surface area contributed by atoms with Gasteiger partial charge in [0, 0.05) is 23.6 Å². The first-order valence-corrected chi connectivity index (χ1v) is 12.4. The SMILES string of the molecule is COc1ccc(C(=O)Nc2ccc(NCS(C)(=O)=O)c(OCc3cc(C)ccc3C)c2)cc1. The summed E-state index contributed by atoms with van der Waals surface area (Å²) < 4.78 is 34.4. The number of benzene rings is 3. The van der Waals surface area contributed by atoms with Gasteiger partial charge in [0.1, 0.15) is 24.0 Å². The summed E-state index contributed by atoms with van der Waals surface area (Å²) in [5, 5.41) is 5.75. The summed E-state index contributed by atoms with van der Waals surface area (Å²) in [6.07, 6.45) is 1.15. The Kier molecular flexibility index (Phi) is 7.60. The molecular weight excluding hydrogens is 440 g/mol. The minimum atomic E-state index is -3.24. The van der Waals surface area contributed by atoms with E-state index in [1.807, 2.05) is 32.0 Å². The third-order valence-electron chi connectivity index (χ3n) is 5.00. The zero-order chi connectivity index (χ0) is 24.0. The Morgan fingerprint density at radius 1 is 0.970 bits per heavy atom. The van der Waals surface area contributed by atoms with Crippen LogP contribution in [0.3, 0.4) is 0 Å². The van der Waals surface area contributed by atoms with E-state index in [9.17, 15) is 13.2 Å². The molecule has 33 heavy (non-hydrogen) atoms. The molecule has 0 saturated carbocycles. The first-order valence-electron chi connectivity index (χ1n) is 10.3. The van der Waals surface area contributed by atoms with Gasteiger partial charge in [-0.1, -0.05) is 23.8 Å². The second-order valence-corrected chi connectivity index (χ2v) is 10.00. The lowest BCUT2D eigenvalue weighted by Crippen LogP contribution is -2.14. The van der Waals surface area contributed by atoms with E-state index in [0.717, 1.165) is 22.9 Å². The maximum absolute atomic E-state index is 12.6. The Morgan fingerprint density at radius 3 is 2.36 bits per heavy atom. The number of nitrogens with one attached hydrogen (secondary N) is 2. The molecule has 0 aliphatic heterocycles. The van der Waals surface area contributed by atoms with Crippen molar-refractivity contribution in [2.24, 2.45) is 0 Å². The van der Waals surface area contributed by atoms with Crippen molar-refractivity contribution in [3.05, 3.63) is 82.9 Å². The van der Waals surface area contributed by atoms with Crippen molar-refractivity contribution in [1.29, 1.82) is 0 Å². The molecule has 3 aromatic rings. The van der Waals surface area contributed by atoms with Crippen LogP contribution in [0.1, 0.15) is 27.0 Å². The normalized spacial score (nSPS) is 11.0. The van der Waals surface area contributed by atoms with E-state index in [1.165, 1.54) is 0 Å². The molecule has 0 unspecified atom stereocenters. The molecule has 3 rings (SSSR count). The lowest BCUT2D eigenvalue weighted by molar-refractivity contribution is 0.102. The molecule has 8 heteroatoms. The van der Waals surface area contributed by atoms with Gasteiger partial charge in [0.15, 0.2) is 9.84 Å². The monoisotopic (exact) mass is 468 g/mol. The second kappa shape index (κ2) is 10.4. The van der Waals surface area contributed by atoms with Gasteiger partial charge in [-0.05, 0) is 61.4 Å². The highest BCUT2D eigenvalue weighted by Crippen LogP contribution is 2.30. The highest BCUT2D eigenvalue weighted by molar-refractivity contribution is 7.90. The molecule has 0 spiro atoms. The van der Waals surface area contributed by atoms with Crippen LogP contribution in [0.2, 0.25) is 0 Å². The number of carbonyl (C=O) groups is 1. The Hall–Kier alpha value is -3.52. The Labute approximate surface area is 194 Å². The van der Waals surface area contributed by atoms with E-state index in [1.54, 1.807) is 49.6 Å². The number of aryl methyl sites for hydroxylation is 2. The molecule has 1 amide bonds. The van der Waals surface area contributed by atoms with E-state index in [2.05, 4.69) is 10.6 Å². The number of rotatable bonds is 9. The molecule has 0 bridgehead atoms. The highest BCUT2D eigenvalue weighted by atomic mass is 32.2.